The molecule has 0 saturated heterocycles. The Balaban J connectivity index is 2.09. The predicted octanol–water partition coefficient (Wildman–Crippen LogP) is 4.21. The van der Waals surface area contributed by atoms with Crippen LogP contribution in [0.25, 0.3) is 0 Å². The van der Waals surface area contributed by atoms with Gasteiger partial charge in [-0.3, -0.25) is 4.79 Å². The van der Waals surface area contributed by atoms with E-state index in [0.29, 0.717) is 0 Å². The quantitative estimate of drug-likeness (QED) is 0.871. The second kappa shape index (κ2) is 5.43. The second-order valence-corrected chi connectivity index (χ2v) is 6.39. The van der Waals surface area contributed by atoms with Gasteiger partial charge in [0, 0.05) is 15.6 Å². The highest BCUT2D eigenvalue weighted by Gasteiger charge is 2.28. The van der Waals surface area contributed by atoms with E-state index in [1.54, 1.807) is 0 Å². The van der Waals surface area contributed by atoms with Crippen molar-refractivity contribution in [3.05, 3.63) is 33.8 Å². The topological polar surface area (TPSA) is 29.1 Å². The number of rotatable bonds is 2. The third kappa shape index (κ3) is 3.14. The lowest BCUT2D eigenvalue weighted by atomic mass is 9.83. The van der Waals surface area contributed by atoms with Crippen molar-refractivity contribution in [2.45, 2.75) is 51.5 Å². The number of carbonyl (C=O) groups is 1. The van der Waals surface area contributed by atoms with E-state index in [1.165, 1.54) is 19.3 Å². The Kier molecular flexibility index (Phi) is 4.10. The molecule has 0 radical (unpaired) electrons. The molecule has 2 nitrogen and oxygen atoms in total. The van der Waals surface area contributed by atoms with Crippen molar-refractivity contribution in [1.29, 1.82) is 0 Å². The minimum Gasteiger partial charge on any atom is -0.347 e. The number of amides is 1. The smallest absolute Gasteiger partial charge is 0.251 e. The van der Waals surface area contributed by atoms with Gasteiger partial charge in [0.1, 0.15) is 0 Å². The molecule has 1 saturated carbocycles. The van der Waals surface area contributed by atoms with Crippen molar-refractivity contribution in [3.63, 3.8) is 0 Å². The molecule has 1 aromatic carbocycles. The summed E-state index contributed by atoms with van der Waals surface area (Å²) in [4.78, 5) is 12.3. The molecule has 1 fully saturated rings. The van der Waals surface area contributed by atoms with Gasteiger partial charge in [-0.05, 0) is 50.5 Å². The van der Waals surface area contributed by atoms with E-state index in [1.807, 2.05) is 25.1 Å². The number of aryl methyl sites for hydroxylation is 1. The number of carbonyl (C=O) groups excluding carboxylic acids is 1. The average Bonchev–Trinajstić information content (AvgIpc) is 2.33. The van der Waals surface area contributed by atoms with Gasteiger partial charge >= 0.3 is 0 Å². The summed E-state index contributed by atoms with van der Waals surface area (Å²) in [7, 11) is 0. The molecule has 1 aromatic rings. The van der Waals surface area contributed by atoms with Crippen LogP contribution in [0.2, 0.25) is 0 Å². The average molecular weight is 310 g/mol. The maximum atomic E-state index is 12.3. The first-order valence-corrected chi connectivity index (χ1v) is 7.38. The van der Waals surface area contributed by atoms with E-state index in [-0.39, 0.29) is 11.4 Å². The first-order chi connectivity index (χ1) is 8.50. The van der Waals surface area contributed by atoms with Gasteiger partial charge in [-0.25, -0.2) is 0 Å². The van der Waals surface area contributed by atoms with Crippen LogP contribution in [-0.2, 0) is 0 Å². The molecule has 0 aromatic heterocycles. The summed E-state index contributed by atoms with van der Waals surface area (Å²) < 4.78 is 1.04. The Bertz CT molecular complexity index is 450. The molecular formula is C15H20BrNO. The molecule has 3 heteroatoms. The van der Waals surface area contributed by atoms with Gasteiger partial charge in [0.15, 0.2) is 0 Å². The fourth-order valence-corrected chi connectivity index (χ4v) is 2.84. The standard InChI is InChI=1S/C15H20BrNO/c1-11-10-12(6-7-13(11)16)14(18)17-15(2)8-4-3-5-9-15/h6-7,10H,3-5,8-9H2,1-2H3,(H,17,18). The second-order valence-electron chi connectivity index (χ2n) is 5.54. The highest BCUT2D eigenvalue weighted by atomic mass is 79.9. The molecule has 98 valence electrons. The van der Waals surface area contributed by atoms with Gasteiger partial charge in [0.05, 0.1) is 0 Å². The summed E-state index contributed by atoms with van der Waals surface area (Å²) in [6.07, 6.45) is 5.91. The highest BCUT2D eigenvalue weighted by molar-refractivity contribution is 9.10. The van der Waals surface area contributed by atoms with Crippen LogP contribution < -0.4 is 5.32 Å². The van der Waals surface area contributed by atoms with Gasteiger partial charge in [0.2, 0.25) is 0 Å². The largest absolute Gasteiger partial charge is 0.347 e. The Hall–Kier alpha value is -0.830. The van der Waals surface area contributed by atoms with E-state index in [2.05, 4.69) is 28.2 Å². The highest BCUT2D eigenvalue weighted by Crippen LogP contribution is 2.28. The molecule has 1 aliphatic rings. The molecule has 0 aliphatic heterocycles. The predicted molar refractivity (Wildman–Crippen MR) is 77.8 cm³/mol. The fourth-order valence-electron chi connectivity index (χ4n) is 2.59. The summed E-state index contributed by atoms with van der Waals surface area (Å²) in [6, 6.07) is 5.75. The summed E-state index contributed by atoms with van der Waals surface area (Å²) in [6.45, 7) is 4.17. The molecule has 1 amide bonds. The Morgan fingerprint density at radius 1 is 1.28 bits per heavy atom. The molecule has 2 rings (SSSR count). The first-order valence-electron chi connectivity index (χ1n) is 6.59. The third-order valence-electron chi connectivity index (χ3n) is 3.79. The zero-order valence-electron chi connectivity index (χ0n) is 11.1. The molecule has 18 heavy (non-hydrogen) atoms. The van der Waals surface area contributed by atoms with Crippen LogP contribution in [-0.4, -0.2) is 11.4 Å². The molecule has 0 heterocycles. The van der Waals surface area contributed by atoms with Crippen molar-refractivity contribution in [1.82, 2.24) is 5.32 Å². The third-order valence-corrected chi connectivity index (χ3v) is 4.68. The molecule has 0 atom stereocenters. The number of nitrogens with one attached hydrogen (secondary N) is 1. The fraction of sp³-hybridized carbons (Fsp3) is 0.533. The van der Waals surface area contributed by atoms with Crippen molar-refractivity contribution >= 4 is 21.8 Å². The lowest BCUT2D eigenvalue weighted by Crippen LogP contribution is -2.47. The van der Waals surface area contributed by atoms with Gasteiger partial charge < -0.3 is 5.32 Å². The SMILES string of the molecule is Cc1cc(C(=O)NC2(C)CCCCC2)ccc1Br. The normalized spacial score (nSPS) is 18.4. The van der Waals surface area contributed by atoms with E-state index >= 15 is 0 Å². The molecule has 0 spiro atoms. The van der Waals surface area contributed by atoms with Crippen LogP contribution >= 0.6 is 15.9 Å². The van der Waals surface area contributed by atoms with Gasteiger partial charge in [-0.15, -0.1) is 0 Å². The zero-order chi connectivity index (χ0) is 13.2. The number of halogens is 1. The Labute approximate surface area is 117 Å². The van der Waals surface area contributed by atoms with Gasteiger partial charge in [-0.2, -0.15) is 0 Å². The van der Waals surface area contributed by atoms with E-state index in [0.717, 1.165) is 28.4 Å². The van der Waals surface area contributed by atoms with Crippen LogP contribution in [0.4, 0.5) is 0 Å². The van der Waals surface area contributed by atoms with Crippen molar-refractivity contribution < 1.29 is 4.79 Å². The molecule has 1 N–H and O–H groups in total. The maximum Gasteiger partial charge on any atom is 0.251 e. The first kappa shape index (κ1) is 13.6. The van der Waals surface area contributed by atoms with E-state index < -0.39 is 0 Å². The number of hydrogen-bond donors (Lipinski definition) is 1. The monoisotopic (exact) mass is 309 g/mol. The summed E-state index contributed by atoms with van der Waals surface area (Å²) >= 11 is 3.46. The Morgan fingerprint density at radius 3 is 2.56 bits per heavy atom. The van der Waals surface area contributed by atoms with Gasteiger partial charge in [-0.1, -0.05) is 35.2 Å². The molecule has 0 bridgehead atoms. The Morgan fingerprint density at radius 2 is 1.94 bits per heavy atom. The lowest BCUT2D eigenvalue weighted by Gasteiger charge is -2.34. The molecular weight excluding hydrogens is 290 g/mol. The summed E-state index contributed by atoms with van der Waals surface area (Å²) in [5, 5.41) is 3.20. The zero-order valence-corrected chi connectivity index (χ0v) is 12.6. The van der Waals surface area contributed by atoms with Crippen molar-refractivity contribution in [2.75, 3.05) is 0 Å². The molecule has 1 aliphatic carbocycles. The minimum atomic E-state index is -0.0175. The van der Waals surface area contributed by atoms with Gasteiger partial charge in [0.25, 0.3) is 5.91 Å². The maximum absolute atomic E-state index is 12.3. The molecule has 0 unspecified atom stereocenters. The number of benzene rings is 1. The number of hydrogen-bond acceptors (Lipinski definition) is 1. The summed E-state index contributed by atoms with van der Waals surface area (Å²) in [5.74, 6) is 0.0509. The summed E-state index contributed by atoms with van der Waals surface area (Å²) in [5.41, 5.74) is 1.83. The van der Waals surface area contributed by atoms with Crippen molar-refractivity contribution in [3.8, 4) is 0 Å². The van der Waals surface area contributed by atoms with E-state index in [4.69, 9.17) is 0 Å². The van der Waals surface area contributed by atoms with Crippen LogP contribution in [0, 0.1) is 6.92 Å². The van der Waals surface area contributed by atoms with Crippen LogP contribution in [0.1, 0.15) is 54.9 Å². The van der Waals surface area contributed by atoms with Crippen LogP contribution in [0.15, 0.2) is 22.7 Å². The van der Waals surface area contributed by atoms with Crippen LogP contribution in [0.5, 0.6) is 0 Å². The lowest BCUT2D eigenvalue weighted by molar-refractivity contribution is 0.0882. The van der Waals surface area contributed by atoms with E-state index in [9.17, 15) is 4.79 Å². The minimum absolute atomic E-state index is 0.0175. The van der Waals surface area contributed by atoms with Crippen LogP contribution in [0.3, 0.4) is 0 Å². The van der Waals surface area contributed by atoms with Crippen molar-refractivity contribution in [2.24, 2.45) is 0 Å².